The predicted molar refractivity (Wildman–Crippen MR) is 35.5 cm³/mol. The van der Waals surface area contributed by atoms with Gasteiger partial charge in [0.15, 0.2) is 0 Å². The van der Waals surface area contributed by atoms with E-state index in [9.17, 15) is 4.79 Å². The average Bonchev–Trinajstić information content (AvgIpc) is 2.05. The summed E-state index contributed by atoms with van der Waals surface area (Å²) in [7, 11) is 0. The molecule has 4 heteroatoms. The number of carbonyl (C=O) groups is 1. The molecule has 0 spiro atoms. The van der Waals surface area contributed by atoms with Gasteiger partial charge in [-0.1, -0.05) is 0 Å². The van der Waals surface area contributed by atoms with Crippen LogP contribution in [0.2, 0.25) is 0 Å². The third-order valence-electron chi connectivity index (χ3n) is 0.967. The van der Waals surface area contributed by atoms with Gasteiger partial charge < -0.3 is 4.29 Å². The van der Waals surface area contributed by atoms with Gasteiger partial charge in [0.25, 0.3) is 0 Å². The van der Waals surface area contributed by atoms with Gasteiger partial charge in [-0.3, -0.25) is 4.98 Å². The second-order valence-corrected chi connectivity index (χ2v) is 1.76. The third kappa shape index (κ3) is 1.45. The monoisotopic (exact) mass is 157 g/mol. The Morgan fingerprint density at radius 1 is 1.70 bits per heavy atom. The van der Waals surface area contributed by atoms with E-state index >= 15 is 0 Å². The molecule has 0 aliphatic rings. The van der Waals surface area contributed by atoms with Gasteiger partial charge in [-0.05, 0) is 12.1 Å². The molecule has 0 fully saturated rings. The topological polar surface area (TPSA) is 39.2 Å². The van der Waals surface area contributed by atoms with Gasteiger partial charge in [-0.2, -0.15) is 0 Å². The summed E-state index contributed by atoms with van der Waals surface area (Å²) >= 11 is 4.81. The van der Waals surface area contributed by atoms with Crippen LogP contribution in [0.15, 0.2) is 24.5 Å². The van der Waals surface area contributed by atoms with Crippen molar-refractivity contribution in [1.82, 2.24) is 4.98 Å². The lowest BCUT2D eigenvalue weighted by Crippen LogP contribution is -1.97. The van der Waals surface area contributed by atoms with Crippen LogP contribution < -0.4 is 0 Å². The van der Waals surface area contributed by atoms with Gasteiger partial charge in [0.2, 0.25) is 0 Å². The summed E-state index contributed by atoms with van der Waals surface area (Å²) in [4.78, 5) is 14.3. The number of aromatic nitrogens is 1. The summed E-state index contributed by atoms with van der Waals surface area (Å²) in [5.74, 6) is -0.588. The number of carbonyl (C=O) groups excluding carboxylic acids is 1. The molecule has 0 aliphatic carbocycles. The van der Waals surface area contributed by atoms with E-state index in [1.54, 1.807) is 18.3 Å². The summed E-state index contributed by atoms with van der Waals surface area (Å²) in [6, 6.07) is 3.20. The Kier molecular flexibility index (Phi) is 2.23. The zero-order chi connectivity index (χ0) is 7.40. The van der Waals surface area contributed by atoms with Crippen molar-refractivity contribution in [3.8, 4) is 0 Å². The average molecular weight is 158 g/mol. The molecule has 3 nitrogen and oxygen atoms in total. The van der Waals surface area contributed by atoms with Gasteiger partial charge >= 0.3 is 5.97 Å². The molecule has 0 unspecified atom stereocenters. The van der Waals surface area contributed by atoms with Crippen molar-refractivity contribution in [3.05, 3.63) is 30.1 Å². The van der Waals surface area contributed by atoms with Crippen molar-refractivity contribution in [2.24, 2.45) is 0 Å². The summed E-state index contributed by atoms with van der Waals surface area (Å²) in [5.41, 5.74) is 0.345. The summed E-state index contributed by atoms with van der Waals surface area (Å²) in [6.45, 7) is 0. The highest BCUT2D eigenvalue weighted by atomic mass is 35.5. The number of rotatable bonds is 1. The molecule has 1 aromatic rings. The molecule has 1 aromatic heterocycles. The van der Waals surface area contributed by atoms with Crippen molar-refractivity contribution in [2.45, 2.75) is 0 Å². The number of hydrogen-bond acceptors (Lipinski definition) is 3. The fourth-order valence-electron chi connectivity index (χ4n) is 0.528. The molecule has 1 heterocycles. The van der Waals surface area contributed by atoms with Crippen LogP contribution in [0.4, 0.5) is 0 Å². The van der Waals surface area contributed by atoms with E-state index in [0.29, 0.717) is 5.56 Å². The number of pyridine rings is 1. The van der Waals surface area contributed by atoms with Crippen LogP contribution in [0.3, 0.4) is 0 Å². The SMILES string of the molecule is O=C(OCl)c1cccnc1. The van der Waals surface area contributed by atoms with Crippen molar-refractivity contribution in [2.75, 3.05) is 0 Å². The van der Waals surface area contributed by atoms with E-state index in [0.717, 1.165) is 0 Å². The lowest BCUT2D eigenvalue weighted by molar-refractivity contribution is 0.0751. The van der Waals surface area contributed by atoms with Crippen molar-refractivity contribution < 1.29 is 9.08 Å². The minimum Gasteiger partial charge on any atom is -0.343 e. The maximum Gasteiger partial charge on any atom is 0.357 e. The second kappa shape index (κ2) is 3.17. The quantitative estimate of drug-likeness (QED) is 0.619. The maximum absolute atomic E-state index is 10.6. The highest BCUT2D eigenvalue weighted by molar-refractivity contribution is 6.15. The van der Waals surface area contributed by atoms with Gasteiger partial charge in [-0.25, -0.2) is 4.79 Å². The fourth-order valence-corrected chi connectivity index (χ4v) is 0.617. The first kappa shape index (κ1) is 7.02. The zero-order valence-electron chi connectivity index (χ0n) is 4.95. The molecule has 0 radical (unpaired) electrons. The van der Waals surface area contributed by atoms with E-state index in [1.165, 1.54) is 6.20 Å². The third-order valence-corrected chi connectivity index (χ3v) is 1.11. The Bertz CT molecular complexity index is 224. The van der Waals surface area contributed by atoms with Crippen LogP contribution in [0.25, 0.3) is 0 Å². The molecule has 0 saturated carbocycles. The van der Waals surface area contributed by atoms with Crippen LogP contribution in [0, 0.1) is 0 Å². The number of halogens is 1. The normalized spacial score (nSPS) is 8.90. The largest absolute Gasteiger partial charge is 0.357 e. The van der Waals surface area contributed by atoms with Crippen LogP contribution in [0.1, 0.15) is 10.4 Å². The second-order valence-electron chi connectivity index (χ2n) is 1.61. The molecule has 0 atom stereocenters. The molecular weight excluding hydrogens is 154 g/mol. The van der Waals surface area contributed by atoms with E-state index in [4.69, 9.17) is 11.9 Å². The highest BCUT2D eigenvalue weighted by Gasteiger charge is 2.03. The summed E-state index contributed by atoms with van der Waals surface area (Å²) < 4.78 is 3.93. The van der Waals surface area contributed by atoms with E-state index in [-0.39, 0.29) is 0 Å². The molecule has 0 aliphatic heterocycles. The Morgan fingerprint density at radius 2 is 2.50 bits per heavy atom. The summed E-state index contributed by atoms with van der Waals surface area (Å²) in [6.07, 6.45) is 2.94. The van der Waals surface area contributed by atoms with Crippen molar-refractivity contribution in [3.63, 3.8) is 0 Å². The van der Waals surface area contributed by atoms with Crippen molar-refractivity contribution in [1.29, 1.82) is 0 Å². The first-order valence-corrected chi connectivity index (χ1v) is 2.88. The smallest absolute Gasteiger partial charge is 0.343 e. The fraction of sp³-hybridized carbons (Fsp3) is 0. The molecule has 10 heavy (non-hydrogen) atoms. The van der Waals surface area contributed by atoms with Gasteiger partial charge in [0.05, 0.1) is 5.56 Å². The number of hydrogen-bond donors (Lipinski definition) is 0. The molecule has 0 aromatic carbocycles. The van der Waals surface area contributed by atoms with Crippen molar-refractivity contribution >= 4 is 17.8 Å². The van der Waals surface area contributed by atoms with E-state index in [1.807, 2.05) is 0 Å². The molecular formula is C6H4ClNO2. The van der Waals surface area contributed by atoms with Crippen LogP contribution in [-0.2, 0) is 4.29 Å². The molecule has 0 bridgehead atoms. The Hall–Kier alpha value is -1.09. The number of nitrogens with zero attached hydrogens (tertiary/aromatic N) is 1. The Balaban J connectivity index is 2.85. The molecule has 52 valence electrons. The molecule has 0 amide bonds. The van der Waals surface area contributed by atoms with Crippen LogP contribution in [-0.4, -0.2) is 11.0 Å². The van der Waals surface area contributed by atoms with Gasteiger partial charge in [0.1, 0.15) is 11.9 Å². The Morgan fingerprint density at radius 3 is 3.00 bits per heavy atom. The van der Waals surface area contributed by atoms with Crippen LogP contribution in [0.5, 0.6) is 0 Å². The highest BCUT2D eigenvalue weighted by Crippen LogP contribution is 1.99. The van der Waals surface area contributed by atoms with Crippen LogP contribution >= 0.6 is 11.9 Å². The summed E-state index contributed by atoms with van der Waals surface area (Å²) in [5, 5.41) is 0. The Labute approximate surface area is 62.8 Å². The molecule has 0 N–H and O–H groups in total. The standard InChI is InChI=1S/C6H4ClNO2/c7-10-6(9)5-2-1-3-8-4-5/h1-4H. The first-order valence-electron chi connectivity index (χ1n) is 2.57. The minimum atomic E-state index is -0.588. The maximum atomic E-state index is 10.6. The minimum absolute atomic E-state index is 0.345. The van der Waals surface area contributed by atoms with Gasteiger partial charge in [-0.15, -0.1) is 0 Å². The predicted octanol–water partition coefficient (Wildman–Crippen LogP) is 1.39. The lowest BCUT2D eigenvalue weighted by Gasteiger charge is -1.91. The van der Waals surface area contributed by atoms with E-state index < -0.39 is 5.97 Å². The molecule has 1 rings (SSSR count). The molecule has 0 saturated heterocycles. The van der Waals surface area contributed by atoms with Gasteiger partial charge in [0, 0.05) is 12.4 Å². The zero-order valence-corrected chi connectivity index (χ0v) is 5.71. The van der Waals surface area contributed by atoms with E-state index in [2.05, 4.69) is 9.27 Å². The lowest BCUT2D eigenvalue weighted by atomic mass is 10.3. The first-order chi connectivity index (χ1) is 4.84.